The summed E-state index contributed by atoms with van der Waals surface area (Å²) in [6.45, 7) is 0.272. The number of anilines is 2. The first-order chi connectivity index (χ1) is 11.0. The second-order valence-electron chi connectivity index (χ2n) is 5.17. The van der Waals surface area contributed by atoms with Gasteiger partial charge in [0.2, 0.25) is 11.8 Å². The highest BCUT2D eigenvalue weighted by atomic mass is 16.5. The number of alkyl carbamates (subject to hydrolysis) is 1. The van der Waals surface area contributed by atoms with E-state index in [1.807, 2.05) is 0 Å². The smallest absolute Gasteiger partial charge is 0.407 e. The first kappa shape index (κ1) is 16.6. The zero-order valence-electron chi connectivity index (χ0n) is 12.9. The fourth-order valence-electron chi connectivity index (χ4n) is 2.49. The molecule has 0 radical (unpaired) electrons. The predicted octanol–water partition coefficient (Wildman–Crippen LogP) is 0.554. The van der Waals surface area contributed by atoms with Gasteiger partial charge in [-0.2, -0.15) is 0 Å². The lowest BCUT2D eigenvalue weighted by molar-refractivity contribution is -0.135. The van der Waals surface area contributed by atoms with Gasteiger partial charge < -0.3 is 26.0 Å². The number of amides is 3. The van der Waals surface area contributed by atoms with Crippen LogP contribution in [0.15, 0.2) is 24.3 Å². The Hall–Kier alpha value is -2.77. The fraction of sp³-hybridized carbons (Fsp3) is 0.400. The van der Waals surface area contributed by atoms with Crippen molar-refractivity contribution in [3.05, 3.63) is 24.3 Å². The molecule has 1 aromatic rings. The molecule has 0 aromatic heterocycles. The molecule has 1 heterocycles. The molecule has 1 aliphatic heterocycles. The summed E-state index contributed by atoms with van der Waals surface area (Å²) in [5.41, 5.74) is 6.78. The maximum absolute atomic E-state index is 12.4. The van der Waals surface area contributed by atoms with Gasteiger partial charge in [-0.1, -0.05) is 12.1 Å². The molecule has 0 aliphatic carbocycles. The number of methoxy groups -OCH3 is 1. The molecule has 1 unspecified atom stereocenters. The van der Waals surface area contributed by atoms with Crippen molar-refractivity contribution in [3.63, 3.8) is 0 Å². The molecule has 1 fully saturated rings. The van der Waals surface area contributed by atoms with E-state index < -0.39 is 12.1 Å². The maximum Gasteiger partial charge on any atom is 0.407 e. The van der Waals surface area contributed by atoms with Crippen LogP contribution < -0.4 is 16.4 Å². The lowest BCUT2D eigenvalue weighted by Gasteiger charge is -2.24. The average Bonchev–Trinajstić information content (AvgIpc) is 3.04. The largest absolute Gasteiger partial charge is 0.453 e. The van der Waals surface area contributed by atoms with E-state index in [-0.39, 0.29) is 18.4 Å². The van der Waals surface area contributed by atoms with E-state index in [0.29, 0.717) is 24.3 Å². The van der Waals surface area contributed by atoms with Crippen LogP contribution in [0.4, 0.5) is 16.2 Å². The molecule has 1 saturated heterocycles. The molecule has 0 spiro atoms. The van der Waals surface area contributed by atoms with E-state index in [1.54, 1.807) is 24.3 Å². The van der Waals surface area contributed by atoms with Gasteiger partial charge in [-0.05, 0) is 25.0 Å². The quantitative estimate of drug-likeness (QED) is 0.701. The Bertz CT molecular complexity index is 605. The van der Waals surface area contributed by atoms with Gasteiger partial charge >= 0.3 is 6.09 Å². The van der Waals surface area contributed by atoms with Gasteiger partial charge in [0.1, 0.15) is 12.6 Å². The minimum Gasteiger partial charge on any atom is -0.453 e. The second-order valence-corrected chi connectivity index (χ2v) is 5.17. The van der Waals surface area contributed by atoms with Crippen molar-refractivity contribution in [2.75, 3.05) is 31.2 Å². The number of nitrogens with one attached hydrogen (secondary N) is 2. The summed E-state index contributed by atoms with van der Waals surface area (Å²) in [7, 11) is 1.22. The number of nitrogen functional groups attached to an aromatic ring is 1. The third kappa shape index (κ3) is 4.12. The Kier molecular flexibility index (Phi) is 5.40. The summed E-state index contributed by atoms with van der Waals surface area (Å²) in [5.74, 6) is -0.610. The number of hydrogen-bond donors (Lipinski definition) is 3. The number of ether oxygens (including phenoxy) is 1. The van der Waals surface area contributed by atoms with Gasteiger partial charge in [-0.25, -0.2) is 4.79 Å². The number of carbonyl (C=O) groups excluding carboxylic acids is 3. The van der Waals surface area contributed by atoms with Crippen molar-refractivity contribution < 1.29 is 19.1 Å². The number of benzene rings is 1. The predicted molar refractivity (Wildman–Crippen MR) is 84.6 cm³/mol. The van der Waals surface area contributed by atoms with Crippen molar-refractivity contribution >= 4 is 29.3 Å². The highest BCUT2D eigenvalue weighted by Crippen LogP contribution is 2.22. The van der Waals surface area contributed by atoms with Crippen molar-refractivity contribution in [1.82, 2.24) is 10.2 Å². The van der Waals surface area contributed by atoms with E-state index in [0.717, 1.165) is 6.42 Å². The Balaban J connectivity index is 1.97. The second kappa shape index (κ2) is 7.48. The number of para-hydroxylation sites is 2. The normalized spacial score (nSPS) is 16.7. The van der Waals surface area contributed by atoms with Gasteiger partial charge in [0.15, 0.2) is 0 Å². The molecule has 0 bridgehead atoms. The van der Waals surface area contributed by atoms with Gasteiger partial charge in [0.05, 0.1) is 18.5 Å². The molecular weight excluding hydrogens is 300 g/mol. The summed E-state index contributed by atoms with van der Waals surface area (Å²) in [4.78, 5) is 37.0. The Morgan fingerprint density at radius 2 is 2.09 bits per heavy atom. The molecule has 8 heteroatoms. The lowest BCUT2D eigenvalue weighted by Crippen LogP contribution is -2.47. The Labute approximate surface area is 134 Å². The standard InChI is InChI=1S/C15H20N4O4/c1-23-15(22)17-9-13(20)19-8-4-7-12(19)14(21)18-11-6-3-2-5-10(11)16/h2-3,5-6,12H,4,7-9,16H2,1H3,(H,17,22)(H,18,21). The molecule has 2 rings (SSSR count). The van der Waals surface area contributed by atoms with Crippen molar-refractivity contribution in [2.24, 2.45) is 0 Å². The molecule has 0 saturated carbocycles. The van der Waals surface area contributed by atoms with E-state index in [2.05, 4.69) is 15.4 Å². The minimum atomic E-state index is -0.685. The molecule has 23 heavy (non-hydrogen) atoms. The van der Waals surface area contributed by atoms with Gasteiger partial charge in [0.25, 0.3) is 0 Å². The number of likely N-dealkylation sites (tertiary alicyclic amines) is 1. The maximum atomic E-state index is 12.4. The van der Waals surface area contributed by atoms with Crippen LogP contribution in [-0.2, 0) is 14.3 Å². The lowest BCUT2D eigenvalue weighted by atomic mass is 10.2. The molecule has 1 atom stereocenters. The van der Waals surface area contributed by atoms with Crippen LogP contribution in [0, 0.1) is 0 Å². The highest BCUT2D eigenvalue weighted by molar-refractivity contribution is 5.99. The van der Waals surface area contributed by atoms with Crippen molar-refractivity contribution in [1.29, 1.82) is 0 Å². The minimum absolute atomic E-state index is 0.204. The molecule has 4 N–H and O–H groups in total. The van der Waals surface area contributed by atoms with Crippen LogP contribution in [0.5, 0.6) is 0 Å². The Morgan fingerprint density at radius 1 is 1.35 bits per heavy atom. The average molecular weight is 320 g/mol. The monoisotopic (exact) mass is 320 g/mol. The number of nitrogens with zero attached hydrogens (tertiary/aromatic N) is 1. The Morgan fingerprint density at radius 3 is 2.78 bits per heavy atom. The van der Waals surface area contributed by atoms with Gasteiger partial charge in [-0.15, -0.1) is 0 Å². The van der Waals surface area contributed by atoms with E-state index in [9.17, 15) is 14.4 Å². The zero-order valence-corrected chi connectivity index (χ0v) is 12.9. The van der Waals surface area contributed by atoms with Crippen molar-refractivity contribution in [2.45, 2.75) is 18.9 Å². The van der Waals surface area contributed by atoms with Crippen LogP contribution >= 0.6 is 0 Å². The third-order valence-corrected chi connectivity index (χ3v) is 3.66. The fourth-order valence-corrected chi connectivity index (χ4v) is 2.49. The SMILES string of the molecule is COC(=O)NCC(=O)N1CCCC1C(=O)Nc1ccccc1N. The van der Waals surface area contributed by atoms with Gasteiger partial charge in [-0.3, -0.25) is 9.59 Å². The first-order valence-electron chi connectivity index (χ1n) is 7.29. The van der Waals surface area contributed by atoms with Gasteiger partial charge in [0, 0.05) is 6.54 Å². The molecule has 1 aromatic carbocycles. The first-order valence-corrected chi connectivity index (χ1v) is 7.29. The van der Waals surface area contributed by atoms with E-state index in [1.165, 1.54) is 12.0 Å². The molecule has 124 valence electrons. The van der Waals surface area contributed by atoms with Crippen molar-refractivity contribution in [3.8, 4) is 0 Å². The summed E-state index contributed by atoms with van der Waals surface area (Å²) in [6, 6.07) is 6.36. The third-order valence-electron chi connectivity index (χ3n) is 3.66. The molecule has 3 amide bonds. The number of carbonyl (C=O) groups is 3. The zero-order chi connectivity index (χ0) is 16.8. The topological polar surface area (TPSA) is 114 Å². The number of nitrogens with two attached hydrogens (primary N) is 1. The highest BCUT2D eigenvalue weighted by Gasteiger charge is 2.34. The van der Waals surface area contributed by atoms with E-state index >= 15 is 0 Å². The van der Waals surface area contributed by atoms with Crippen LogP contribution in [0.1, 0.15) is 12.8 Å². The number of rotatable bonds is 4. The summed E-state index contributed by atoms with van der Waals surface area (Å²) >= 11 is 0. The van der Waals surface area contributed by atoms with Crippen LogP contribution in [0.2, 0.25) is 0 Å². The summed E-state index contributed by atoms with van der Waals surface area (Å²) in [5, 5.41) is 5.07. The number of hydrogen-bond acceptors (Lipinski definition) is 5. The molecule has 8 nitrogen and oxygen atoms in total. The van der Waals surface area contributed by atoms with Crippen LogP contribution in [-0.4, -0.2) is 49.0 Å². The summed E-state index contributed by atoms with van der Waals surface area (Å²) in [6.07, 6.45) is 0.616. The molecular formula is C15H20N4O4. The molecule has 1 aliphatic rings. The van der Waals surface area contributed by atoms with Crippen LogP contribution in [0.25, 0.3) is 0 Å². The van der Waals surface area contributed by atoms with E-state index in [4.69, 9.17) is 5.73 Å². The van der Waals surface area contributed by atoms with Crippen LogP contribution in [0.3, 0.4) is 0 Å². The summed E-state index contributed by atoms with van der Waals surface area (Å²) < 4.78 is 4.42.